The molecule has 1 saturated carbocycles. The largest absolute Gasteiger partial charge is 0.422 e. The van der Waals surface area contributed by atoms with E-state index in [9.17, 15) is 4.39 Å². The van der Waals surface area contributed by atoms with Crippen LogP contribution in [-0.4, -0.2) is 26.7 Å². The molecular formula is C14H16FN5OS. The standard InChI is InChI=1S/C14H16FN5OS/c1-8(16)21-12(17)13-18-6-11-10(15)5-9(7-20(11)13)22-19-14(2)3-4-14/h5-7,16-17,19H,3-4H2,1-2H3. The van der Waals surface area contributed by atoms with Gasteiger partial charge in [0.05, 0.1) is 6.20 Å². The van der Waals surface area contributed by atoms with E-state index in [1.54, 1.807) is 6.20 Å². The van der Waals surface area contributed by atoms with Crippen LogP contribution in [0.2, 0.25) is 0 Å². The second-order valence-electron chi connectivity index (χ2n) is 5.61. The molecular weight excluding hydrogens is 305 g/mol. The van der Waals surface area contributed by atoms with Gasteiger partial charge in [0, 0.05) is 23.6 Å². The molecule has 0 saturated heterocycles. The molecule has 0 aliphatic heterocycles. The highest BCUT2D eigenvalue weighted by Crippen LogP contribution is 2.37. The average Bonchev–Trinajstić information content (AvgIpc) is 3.00. The average molecular weight is 321 g/mol. The number of ether oxygens (including phenoxy) is 1. The van der Waals surface area contributed by atoms with Crippen LogP contribution in [-0.2, 0) is 4.74 Å². The van der Waals surface area contributed by atoms with E-state index in [0.29, 0.717) is 4.90 Å². The smallest absolute Gasteiger partial charge is 0.257 e. The van der Waals surface area contributed by atoms with E-state index in [1.807, 2.05) is 0 Å². The van der Waals surface area contributed by atoms with Crippen molar-refractivity contribution < 1.29 is 9.13 Å². The summed E-state index contributed by atoms with van der Waals surface area (Å²) in [4.78, 5) is 4.71. The Balaban J connectivity index is 1.92. The minimum atomic E-state index is -0.411. The fourth-order valence-electron chi connectivity index (χ4n) is 1.93. The molecule has 1 aliphatic rings. The molecule has 2 aromatic heterocycles. The number of aromatic nitrogens is 2. The molecule has 0 aromatic carbocycles. The molecule has 3 N–H and O–H groups in total. The van der Waals surface area contributed by atoms with Crippen LogP contribution >= 0.6 is 11.9 Å². The van der Waals surface area contributed by atoms with Crippen molar-refractivity contribution in [3.05, 3.63) is 30.1 Å². The van der Waals surface area contributed by atoms with Gasteiger partial charge in [-0.15, -0.1) is 0 Å². The number of nitrogens with zero attached hydrogens (tertiary/aromatic N) is 2. The van der Waals surface area contributed by atoms with Crippen molar-refractivity contribution in [1.29, 1.82) is 10.8 Å². The maximum atomic E-state index is 14.2. The number of halogens is 1. The van der Waals surface area contributed by atoms with Gasteiger partial charge < -0.3 is 4.74 Å². The minimum absolute atomic E-state index is 0.115. The molecule has 0 atom stereocenters. The molecule has 0 unspecified atom stereocenters. The Kier molecular flexibility index (Phi) is 3.65. The second kappa shape index (κ2) is 5.36. The van der Waals surface area contributed by atoms with Gasteiger partial charge in [-0.05, 0) is 37.8 Å². The first-order valence-electron chi connectivity index (χ1n) is 6.80. The monoisotopic (exact) mass is 321 g/mol. The lowest BCUT2D eigenvalue weighted by Gasteiger charge is -2.11. The predicted octanol–water partition coefficient (Wildman–Crippen LogP) is 2.96. The summed E-state index contributed by atoms with van der Waals surface area (Å²) in [5, 5.41) is 15.1. The molecule has 1 aliphatic carbocycles. The number of hydrogen-bond acceptors (Lipinski definition) is 6. The normalized spacial score (nSPS) is 15.8. The van der Waals surface area contributed by atoms with Crippen molar-refractivity contribution in [3.63, 3.8) is 0 Å². The van der Waals surface area contributed by atoms with Gasteiger partial charge in [0.1, 0.15) is 11.3 Å². The van der Waals surface area contributed by atoms with Crippen molar-refractivity contribution in [2.45, 2.75) is 37.1 Å². The first kappa shape index (κ1) is 15.0. The van der Waals surface area contributed by atoms with E-state index in [0.717, 1.165) is 12.8 Å². The van der Waals surface area contributed by atoms with Gasteiger partial charge in [0.2, 0.25) is 5.82 Å². The number of pyridine rings is 1. The lowest BCUT2D eigenvalue weighted by Crippen LogP contribution is -2.20. The SMILES string of the molecule is CC(=N)OC(=N)c1ncc2c(F)cc(SNC3(C)CC3)cn12. The Bertz CT molecular complexity index is 768. The van der Waals surface area contributed by atoms with Crippen LogP contribution in [0, 0.1) is 16.6 Å². The Morgan fingerprint density at radius 1 is 1.50 bits per heavy atom. The molecule has 0 amide bonds. The van der Waals surface area contributed by atoms with E-state index in [-0.39, 0.29) is 28.7 Å². The highest BCUT2D eigenvalue weighted by molar-refractivity contribution is 7.97. The first-order chi connectivity index (χ1) is 10.4. The van der Waals surface area contributed by atoms with Crippen molar-refractivity contribution in [3.8, 4) is 0 Å². The van der Waals surface area contributed by atoms with Crippen LogP contribution in [0.15, 0.2) is 23.4 Å². The third-order valence-electron chi connectivity index (χ3n) is 3.44. The summed E-state index contributed by atoms with van der Waals surface area (Å²) in [6, 6.07) is 1.44. The van der Waals surface area contributed by atoms with Gasteiger partial charge in [-0.3, -0.25) is 19.9 Å². The van der Waals surface area contributed by atoms with Crippen molar-refractivity contribution in [2.24, 2.45) is 0 Å². The molecule has 0 bridgehead atoms. The van der Waals surface area contributed by atoms with Gasteiger partial charge in [0.15, 0.2) is 5.90 Å². The van der Waals surface area contributed by atoms with Gasteiger partial charge >= 0.3 is 0 Å². The van der Waals surface area contributed by atoms with Crippen molar-refractivity contribution in [1.82, 2.24) is 14.1 Å². The lowest BCUT2D eigenvalue weighted by molar-refractivity contribution is 0.526. The molecule has 2 heterocycles. The predicted molar refractivity (Wildman–Crippen MR) is 83.1 cm³/mol. The molecule has 8 heteroatoms. The van der Waals surface area contributed by atoms with Crippen LogP contribution in [0.4, 0.5) is 4.39 Å². The Morgan fingerprint density at radius 2 is 2.23 bits per heavy atom. The summed E-state index contributed by atoms with van der Waals surface area (Å²) in [5.41, 5.74) is 0.397. The fraction of sp³-hybridized carbons (Fsp3) is 0.357. The summed E-state index contributed by atoms with van der Waals surface area (Å²) in [7, 11) is 0. The van der Waals surface area contributed by atoms with Gasteiger partial charge in [-0.1, -0.05) is 0 Å². The second-order valence-corrected chi connectivity index (χ2v) is 6.49. The summed E-state index contributed by atoms with van der Waals surface area (Å²) < 4.78 is 23.9. The number of fused-ring (bicyclic) bond motifs is 1. The molecule has 3 rings (SSSR count). The summed E-state index contributed by atoms with van der Waals surface area (Å²) in [6.45, 7) is 3.54. The van der Waals surface area contributed by atoms with Crippen LogP contribution in [0.5, 0.6) is 0 Å². The first-order valence-corrected chi connectivity index (χ1v) is 7.62. The molecule has 0 radical (unpaired) electrons. The van der Waals surface area contributed by atoms with E-state index in [4.69, 9.17) is 15.6 Å². The van der Waals surface area contributed by atoms with Crippen LogP contribution in [0.25, 0.3) is 5.52 Å². The highest BCUT2D eigenvalue weighted by atomic mass is 32.2. The van der Waals surface area contributed by atoms with Crippen LogP contribution in [0.1, 0.15) is 32.5 Å². The Hall–Kier alpha value is -1.93. The molecule has 1 fully saturated rings. The third kappa shape index (κ3) is 2.97. The fourth-order valence-corrected chi connectivity index (χ4v) is 2.81. The molecule has 2 aromatic rings. The van der Waals surface area contributed by atoms with Crippen molar-refractivity contribution in [2.75, 3.05) is 0 Å². The number of nitrogens with one attached hydrogen (secondary N) is 3. The summed E-state index contributed by atoms with van der Waals surface area (Å²) in [5.74, 6) is -0.640. The Morgan fingerprint density at radius 3 is 2.86 bits per heavy atom. The Labute approximate surface area is 131 Å². The van der Waals surface area contributed by atoms with E-state index >= 15 is 0 Å². The maximum Gasteiger partial charge on any atom is 0.257 e. The lowest BCUT2D eigenvalue weighted by atomic mass is 10.4. The summed E-state index contributed by atoms with van der Waals surface area (Å²) >= 11 is 1.36. The zero-order valence-corrected chi connectivity index (χ0v) is 13.1. The van der Waals surface area contributed by atoms with Gasteiger partial charge in [0.25, 0.3) is 5.90 Å². The number of imidazole rings is 1. The zero-order valence-electron chi connectivity index (χ0n) is 12.2. The molecule has 22 heavy (non-hydrogen) atoms. The van der Waals surface area contributed by atoms with Gasteiger partial charge in [-0.2, -0.15) is 0 Å². The molecule has 6 nitrogen and oxygen atoms in total. The molecule has 0 spiro atoms. The number of hydrogen-bond donors (Lipinski definition) is 3. The third-order valence-corrected chi connectivity index (χ3v) is 4.49. The van der Waals surface area contributed by atoms with Crippen LogP contribution < -0.4 is 4.72 Å². The zero-order chi connectivity index (χ0) is 15.9. The van der Waals surface area contributed by atoms with E-state index < -0.39 is 5.82 Å². The topological polar surface area (TPSA) is 86.3 Å². The quantitative estimate of drug-likeness (QED) is 0.459. The number of rotatable bonds is 4. The maximum absolute atomic E-state index is 14.2. The van der Waals surface area contributed by atoms with Crippen LogP contribution in [0.3, 0.4) is 0 Å². The van der Waals surface area contributed by atoms with E-state index in [2.05, 4.69) is 16.6 Å². The van der Waals surface area contributed by atoms with E-state index in [1.165, 1.54) is 35.5 Å². The summed E-state index contributed by atoms with van der Waals surface area (Å²) in [6.07, 6.45) is 5.28. The minimum Gasteiger partial charge on any atom is -0.422 e. The highest BCUT2D eigenvalue weighted by Gasteiger charge is 2.37. The van der Waals surface area contributed by atoms with Crippen molar-refractivity contribution >= 4 is 29.3 Å². The molecule has 116 valence electrons. The van der Waals surface area contributed by atoms with Gasteiger partial charge in [-0.25, -0.2) is 9.37 Å².